The highest BCUT2D eigenvalue weighted by molar-refractivity contribution is 8.76. The molecule has 19 heteroatoms. The number of esters is 1. The molecule has 61 heavy (non-hydrogen) atoms. The Morgan fingerprint density at radius 3 is 2.48 bits per heavy atom. The van der Waals surface area contributed by atoms with Crippen molar-refractivity contribution in [2.24, 2.45) is 11.8 Å². The maximum absolute atomic E-state index is 15.1. The molecule has 1 aromatic rings. The van der Waals surface area contributed by atoms with E-state index in [4.69, 9.17) is 40.4 Å². The van der Waals surface area contributed by atoms with Gasteiger partial charge in [0.05, 0.1) is 18.9 Å². The summed E-state index contributed by atoms with van der Waals surface area (Å²) < 4.78 is 29.6. The highest BCUT2D eigenvalue weighted by Crippen LogP contribution is 2.51. The monoisotopic (exact) mass is 911 g/mol. The van der Waals surface area contributed by atoms with Crippen LogP contribution in [-0.4, -0.2) is 132 Å². The van der Waals surface area contributed by atoms with Crippen molar-refractivity contribution in [3.05, 3.63) is 46.5 Å². The number of amides is 3. The van der Waals surface area contributed by atoms with Crippen LogP contribution in [0.1, 0.15) is 72.8 Å². The van der Waals surface area contributed by atoms with Crippen molar-refractivity contribution in [2.75, 3.05) is 39.0 Å². The standard InChI is InChI=1S/C42H58ClN3O13S2/c1-22-12-11-13-32(56-10)42(54)21-31(57-40(53)44-42)24(3)36-41(6,59-36)37(58-39(52)25(4)45(7)26(5)47)34(29(48)16-17-60-61-23(2)14-15-33(49)50)38(51)46(8)28-19-27(18-22)20-30(55-9)35(28)43/h11-13,19-20,23-25,31-32,34,36-37,54H,14-18,21H2,1-10H3,(H,44,53)(H,49,50)/b13-11+,22-12+/t23?,24-,25+,31+,32?,34?,36+,37+,41-,42+/m1/s1. The number of allylic oxidation sites excluding steroid dienone is 3. The average molecular weight is 913 g/mol. The molecular weight excluding hydrogens is 854 g/mol. The van der Waals surface area contributed by atoms with E-state index in [1.165, 1.54) is 68.7 Å². The number of aliphatic hydroxyl groups is 1. The van der Waals surface area contributed by atoms with E-state index in [9.17, 15) is 29.1 Å². The lowest BCUT2D eigenvalue weighted by Gasteiger charge is -2.42. The Kier molecular flexibility index (Phi) is 17.2. The topological polar surface area (TPSA) is 211 Å². The number of halogens is 1. The molecule has 2 fully saturated rings. The highest BCUT2D eigenvalue weighted by Gasteiger charge is 2.67. The number of nitrogens with one attached hydrogen (secondary N) is 1. The van der Waals surface area contributed by atoms with Crippen molar-refractivity contribution in [3.8, 4) is 5.75 Å². The second kappa shape index (κ2) is 21.0. The summed E-state index contributed by atoms with van der Waals surface area (Å²) in [6.45, 7) is 9.81. The number of carbonyl (C=O) groups is 6. The van der Waals surface area contributed by atoms with Gasteiger partial charge in [0.1, 0.15) is 46.3 Å². The zero-order chi connectivity index (χ0) is 45.6. The van der Waals surface area contributed by atoms with Crippen LogP contribution in [0, 0.1) is 11.8 Å². The lowest BCUT2D eigenvalue weighted by molar-refractivity contribution is -0.166. The van der Waals surface area contributed by atoms with Gasteiger partial charge >= 0.3 is 18.0 Å². The predicted octanol–water partition coefficient (Wildman–Crippen LogP) is 5.35. The number of Topliss-reactive ketones (excluding diaryl/α,β-unsaturated/α-hetero) is 1. The number of hydrogen-bond donors (Lipinski definition) is 3. The number of rotatable bonds is 14. The number of epoxide rings is 1. The maximum Gasteiger partial charge on any atom is 0.409 e. The van der Waals surface area contributed by atoms with E-state index in [0.29, 0.717) is 18.4 Å². The lowest BCUT2D eigenvalue weighted by Crippen LogP contribution is -2.63. The van der Waals surface area contributed by atoms with Crippen LogP contribution in [0.25, 0.3) is 0 Å². The van der Waals surface area contributed by atoms with E-state index in [1.54, 1.807) is 38.1 Å². The number of likely N-dealkylation sites (N-methyl/N-ethyl adjacent to an activating group) is 1. The van der Waals surface area contributed by atoms with Gasteiger partial charge in [0.2, 0.25) is 11.8 Å². The van der Waals surface area contributed by atoms with Crippen molar-refractivity contribution < 1.29 is 62.7 Å². The summed E-state index contributed by atoms with van der Waals surface area (Å²) in [5.41, 5.74) is -1.71. The molecule has 0 radical (unpaired) electrons. The van der Waals surface area contributed by atoms with Gasteiger partial charge in [-0.2, -0.15) is 0 Å². The summed E-state index contributed by atoms with van der Waals surface area (Å²) in [6.07, 6.45) is 0.181. The average Bonchev–Trinajstić information content (AvgIpc) is 3.90. The minimum atomic E-state index is -1.93. The first-order valence-corrected chi connectivity index (χ1v) is 22.7. The number of carboxylic acids is 1. The molecule has 3 unspecified atom stereocenters. The largest absolute Gasteiger partial charge is 0.495 e. The van der Waals surface area contributed by atoms with E-state index in [1.807, 2.05) is 19.9 Å². The number of carbonyl (C=O) groups excluding carboxylic acids is 5. The Morgan fingerprint density at radius 1 is 1.16 bits per heavy atom. The van der Waals surface area contributed by atoms with Crippen LogP contribution in [-0.2, 0) is 49.3 Å². The Bertz CT molecular complexity index is 1900. The van der Waals surface area contributed by atoms with Crippen molar-refractivity contribution in [1.29, 1.82) is 0 Å². The molecule has 0 aromatic heterocycles. The van der Waals surface area contributed by atoms with E-state index in [0.717, 1.165) is 10.5 Å². The van der Waals surface area contributed by atoms with Gasteiger partial charge < -0.3 is 43.7 Å². The Labute approximate surface area is 369 Å². The second-order valence-electron chi connectivity index (χ2n) is 16.1. The molecule has 3 amide bonds. The van der Waals surface area contributed by atoms with Gasteiger partial charge in [-0.1, -0.05) is 70.8 Å². The van der Waals surface area contributed by atoms with Gasteiger partial charge in [0.15, 0.2) is 11.8 Å². The molecular formula is C42H58ClN3O13S2. The van der Waals surface area contributed by atoms with Gasteiger partial charge in [-0.05, 0) is 51.3 Å². The molecule has 10 atom stereocenters. The van der Waals surface area contributed by atoms with Gasteiger partial charge in [-0.25, -0.2) is 9.59 Å². The van der Waals surface area contributed by atoms with Crippen LogP contribution >= 0.6 is 33.2 Å². The summed E-state index contributed by atoms with van der Waals surface area (Å²) in [6, 6.07) is 2.29. The fraction of sp³-hybridized carbons (Fsp3) is 0.619. The molecule has 4 rings (SSSR count). The van der Waals surface area contributed by atoms with E-state index >= 15 is 4.79 Å². The van der Waals surface area contributed by atoms with E-state index in [2.05, 4.69) is 5.32 Å². The third-order valence-corrected chi connectivity index (χ3v) is 14.8. The first kappa shape index (κ1) is 49.8. The first-order chi connectivity index (χ1) is 28.6. The predicted molar refractivity (Wildman–Crippen MR) is 232 cm³/mol. The number of benzene rings is 1. The zero-order valence-electron chi connectivity index (χ0n) is 36.2. The Morgan fingerprint density at radius 2 is 1.85 bits per heavy atom. The lowest BCUT2D eigenvalue weighted by atomic mass is 9.79. The van der Waals surface area contributed by atoms with Gasteiger partial charge in [0, 0.05) is 64.3 Å². The Balaban J connectivity index is 1.89. The molecule has 338 valence electrons. The third-order valence-electron chi connectivity index (χ3n) is 11.5. The van der Waals surface area contributed by atoms with Gasteiger partial charge in [-0.15, -0.1) is 0 Å². The number of nitrogens with zero attached hydrogens (tertiary/aromatic N) is 2. The zero-order valence-corrected chi connectivity index (χ0v) is 38.6. The van der Waals surface area contributed by atoms with Crippen LogP contribution in [0.15, 0.2) is 35.9 Å². The number of carboxylic acid groups (broad SMARTS) is 1. The number of ether oxygens (including phenoxy) is 5. The first-order valence-electron chi connectivity index (χ1n) is 19.9. The summed E-state index contributed by atoms with van der Waals surface area (Å²) in [5, 5.41) is 23.5. The smallest absolute Gasteiger partial charge is 0.409 e. The number of hydrogen-bond acceptors (Lipinski definition) is 14. The quantitative estimate of drug-likeness (QED) is 0.0706. The molecule has 4 bridgehead atoms. The molecule has 16 nitrogen and oxygen atoms in total. The fourth-order valence-corrected chi connectivity index (χ4v) is 10.2. The van der Waals surface area contributed by atoms with Gasteiger partial charge in [0.25, 0.3) is 0 Å². The third kappa shape index (κ3) is 12.0. The van der Waals surface area contributed by atoms with E-state index in [-0.39, 0.29) is 46.7 Å². The van der Waals surface area contributed by atoms with Gasteiger partial charge in [-0.3, -0.25) is 24.5 Å². The molecule has 0 spiro atoms. The molecule has 3 aliphatic heterocycles. The maximum atomic E-state index is 15.1. The molecule has 3 heterocycles. The summed E-state index contributed by atoms with van der Waals surface area (Å²) in [5.74, 6) is -5.52. The van der Waals surface area contributed by atoms with Crippen molar-refractivity contribution in [2.45, 2.75) is 121 Å². The second-order valence-corrected chi connectivity index (χ2v) is 19.4. The van der Waals surface area contributed by atoms with Crippen LogP contribution in [0.4, 0.5) is 10.5 Å². The van der Waals surface area contributed by atoms with Crippen molar-refractivity contribution in [3.63, 3.8) is 0 Å². The van der Waals surface area contributed by atoms with E-state index < -0.39 is 89.2 Å². The van der Waals surface area contributed by atoms with Crippen LogP contribution in [0.5, 0.6) is 5.75 Å². The van der Waals surface area contributed by atoms with Crippen LogP contribution < -0.4 is 15.0 Å². The van der Waals surface area contributed by atoms with Crippen molar-refractivity contribution in [1.82, 2.24) is 10.2 Å². The minimum Gasteiger partial charge on any atom is -0.495 e. The summed E-state index contributed by atoms with van der Waals surface area (Å²) in [4.78, 5) is 82.8. The van der Waals surface area contributed by atoms with Crippen LogP contribution in [0.2, 0.25) is 5.02 Å². The van der Waals surface area contributed by atoms with Crippen LogP contribution in [0.3, 0.4) is 0 Å². The highest BCUT2D eigenvalue weighted by atomic mass is 35.5. The number of fused-ring (bicyclic) bond motifs is 5. The molecule has 0 aliphatic carbocycles. The normalized spacial score (nSPS) is 30.3. The number of aliphatic carboxylic acids is 1. The number of methoxy groups -OCH3 is 2. The number of anilines is 1. The number of ketones is 1. The molecule has 3 aliphatic rings. The SMILES string of the molecule is COc1cc2cc(c1Cl)N(C)C(=O)C(C(=O)CCSSC(C)CCC(=O)O)[C@H](OC(=O)[C@H](C)N(C)C(C)=O)[C@]1(C)O[C@H]1[C@H](C)[C@@H]1C[C@@](O)(NC(=O)O1)C(OC)/C=C/C=C(\C)C2. The van der Waals surface area contributed by atoms with Crippen molar-refractivity contribution >= 4 is 74.5 Å². The molecule has 0 saturated carbocycles. The summed E-state index contributed by atoms with van der Waals surface area (Å²) >= 11 is 6.89. The molecule has 2 saturated heterocycles. The fourth-order valence-electron chi connectivity index (χ4n) is 7.55. The molecule has 1 aromatic carbocycles. The Hall–Kier alpha value is -3.81. The molecule has 3 N–H and O–H groups in total. The number of alkyl carbamates (subject to hydrolysis) is 1. The summed E-state index contributed by atoms with van der Waals surface area (Å²) in [7, 11) is 8.46. The minimum absolute atomic E-state index is 0.0108.